The number of ether oxygens (including phenoxy) is 9. The molecule has 0 amide bonds. The molecule has 184 valence electrons. The van der Waals surface area contributed by atoms with Gasteiger partial charge < -0.3 is 42.6 Å². The van der Waals surface area contributed by atoms with Crippen molar-refractivity contribution in [2.45, 2.75) is 64.3 Å². The van der Waals surface area contributed by atoms with Crippen LogP contribution in [-0.2, 0) is 42.6 Å². The Balaban J connectivity index is 2.11. The van der Waals surface area contributed by atoms with Gasteiger partial charge in [0, 0.05) is 12.8 Å². The van der Waals surface area contributed by atoms with E-state index in [0.717, 1.165) is 25.7 Å². The average molecular weight is 451 g/mol. The SMILES string of the molecule is CCCCC12OCCOCCOC(CCCC)(OCCOCCO1)OCCOCCO2. The standard InChI is InChI=1S/C22H42O9/c1-3-5-7-21-26-15-9-23-12-18-29-22(8-6-4-2,30-19-13-24-10-16-27-21)31-20-14-25-11-17-28-21/h3-20H2,1-2H3. The van der Waals surface area contributed by atoms with E-state index in [2.05, 4.69) is 13.8 Å². The highest BCUT2D eigenvalue weighted by Crippen LogP contribution is 2.25. The molecular formula is C22H42O9. The Morgan fingerprint density at radius 1 is 0.419 bits per heavy atom. The third-order valence-corrected chi connectivity index (χ3v) is 4.97. The van der Waals surface area contributed by atoms with Gasteiger partial charge in [-0.1, -0.05) is 26.7 Å². The highest BCUT2D eigenvalue weighted by Gasteiger charge is 2.35. The minimum absolute atomic E-state index is 0.347. The van der Waals surface area contributed by atoms with E-state index in [9.17, 15) is 0 Å². The quantitative estimate of drug-likeness (QED) is 0.567. The second-order valence-corrected chi connectivity index (χ2v) is 7.50. The summed E-state index contributed by atoms with van der Waals surface area (Å²) in [5.74, 6) is -2.25. The molecule has 0 aromatic heterocycles. The first-order valence-corrected chi connectivity index (χ1v) is 11.8. The molecule has 0 unspecified atom stereocenters. The summed E-state index contributed by atoms with van der Waals surface area (Å²) in [5.41, 5.74) is 0. The van der Waals surface area contributed by atoms with Crippen molar-refractivity contribution in [3.8, 4) is 0 Å². The fourth-order valence-corrected chi connectivity index (χ4v) is 3.31. The van der Waals surface area contributed by atoms with Crippen molar-refractivity contribution in [2.24, 2.45) is 0 Å². The van der Waals surface area contributed by atoms with Crippen LogP contribution in [0.25, 0.3) is 0 Å². The van der Waals surface area contributed by atoms with Gasteiger partial charge >= 0.3 is 0 Å². The third kappa shape index (κ3) is 10.9. The second kappa shape index (κ2) is 16.3. The summed E-state index contributed by atoms with van der Waals surface area (Å²) in [7, 11) is 0. The van der Waals surface area contributed by atoms with Gasteiger partial charge in [0.25, 0.3) is 11.9 Å². The van der Waals surface area contributed by atoms with Crippen LogP contribution >= 0.6 is 0 Å². The lowest BCUT2D eigenvalue weighted by Gasteiger charge is -2.35. The van der Waals surface area contributed by atoms with Gasteiger partial charge in [-0.2, -0.15) is 0 Å². The molecule has 9 heteroatoms. The monoisotopic (exact) mass is 450 g/mol. The van der Waals surface area contributed by atoms with Gasteiger partial charge in [-0.15, -0.1) is 0 Å². The van der Waals surface area contributed by atoms with Gasteiger partial charge in [0.15, 0.2) is 0 Å². The maximum absolute atomic E-state index is 6.05. The van der Waals surface area contributed by atoms with E-state index in [0.29, 0.717) is 92.1 Å². The molecule has 0 N–H and O–H groups in total. The van der Waals surface area contributed by atoms with Gasteiger partial charge in [0.2, 0.25) is 0 Å². The summed E-state index contributed by atoms with van der Waals surface area (Å²) < 4.78 is 53.4. The van der Waals surface area contributed by atoms with E-state index < -0.39 is 11.9 Å². The second-order valence-electron chi connectivity index (χ2n) is 7.50. The van der Waals surface area contributed by atoms with Gasteiger partial charge in [0.1, 0.15) is 0 Å². The van der Waals surface area contributed by atoms with Crippen molar-refractivity contribution >= 4 is 0 Å². The highest BCUT2D eigenvalue weighted by molar-refractivity contribution is 4.62. The lowest BCUT2D eigenvalue weighted by atomic mass is 10.2. The molecule has 0 saturated carbocycles. The summed E-state index contributed by atoms with van der Waals surface area (Å²) in [6, 6.07) is 0. The Hall–Kier alpha value is -0.360. The van der Waals surface area contributed by atoms with Crippen molar-refractivity contribution < 1.29 is 42.6 Å². The first-order valence-electron chi connectivity index (χ1n) is 11.8. The molecule has 0 aromatic rings. The predicted molar refractivity (Wildman–Crippen MR) is 113 cm³/mol. The van der Waals surface area contributed by atoms with Crippen molar-refractivity contribution in [3.63, 3.8) is 0 Å². The van der Waals surface area contributed by atoms with E-state index in [-0.39, 0.29) is 0 Å². The fourth-order valence-electron chi connectivity index (χ4n) is 3.31. The first kappa shape index (κ1) is 26.9. The minimum Gasteiger partial charge on any atom is -0.377 e. The number of fused-ring (bicyclic) bond motifs is 18. The topological polar surface area (TPSA) is 83.1 Å². The fraction of sp³-hybridized carbons (Fsp3) is 1.00. The van der Waals surface area contributed by atoms with Crippen LogP contribution in [0.2, 0.25) is 0 Å². The van der Waals surface area contributed by atoms with Crippen LogP contribution in [0.15, 0.2) is 0 Å². The van der Waals surface area contributed by atoms with E-state index in [1.165, 1.54) is 0 Å². The summed E-state index contributed by atoms with van der Waals surface area (Å²) in [6.45, 7) is 8.75. The van der Waals surface area contributed by atoms with Crippen LogP contribution in [-0.4, -0.2) is 91.2 Å². The molecule has 2 bridgehead atoms. The van der Waals surface area contributed by atoms with E-state index in [1.807, 2.05) is 0 Å². The molecule has 31 heavy (non-hydrogen) atoms. The first-order chi connectivity index (χ1) is 15.2. The molecule has 3 fully saturated rings. The zero-order chi connectivity index (χ0) is 22.1. The number of hydrogen-bond donors (Lipinski definition) is 0. The molecule has 3 aliphatic rings. The molecule has 0 spiro atoms. The maximum Gasteiger partial charge on any atom is 0.283 e. The van der Waals surface area contributed by atoms with Crippen molar-refractivity contribution in [3.05, 3.63) is 0 Å². The molecule has 0 atom stereocenters. The predicted octanol–water partition coefficient (Wildman–Crippen LogP) is 2.85. The van der Waals surface area contributed by atoms with Gasteiger partial charge in [-0.25, -0.2) is 0 Å². The Morgan fingerprint density at radius 2 is 0.677 bits per heavy atom. The number of rotatable bonds is 6. The third-order valence-electron chi connectivity index (χ3n) is 4.97. The molecule has 9 nitrogen and oxygen atoms in total. The average Bonchev–Trinajstić information content (AvgIpc) is 2.77. The van der Waals surface area contributed by atoms with Crippen molar-refractivity contribution in [2.75, 3.05) is 79.3 Å². The zero-order valence-electron chi connectivity index (χ0n) is 19.4. The Kier molecular flexibility index (Phi) is 14.1. The molecule has 0 aromatic carbocycles. The number of unbranched alkanes of at least 4 members (excludes halogenated alkanes) is 2. The summed E-state index contributed by atoms with van der Waals surface area (Å²) >= 11 is 0. The molecule has 3 aliphatic heterocycles. The van der Waals surface area contributed by atoms with Crippen LogP contribution in [0.5, 0.6) is 0 Å². The van der Waals surface area contributed by atoms with Gasteiger partial charge in [-0.05, 0) is 12.8 Å². The van der Waals surface area contributed by atoms with Crippen LogP contribution in [0.1, 0.15) is 52.4 Å². The lowest BCUT2D eigenvalue weighted by molar-refractivity contribution is -0.397. The minimum atomic E-state index is -1.13. The van der Waals surface area contributed by atoms with Crippen molar-refractivity contribution in [1.29, 1.82) is 0 Å². The Morgan fingerprint density at radius 3 is 0.903 bits per heavy atom. The van der Waals surface area contributed by atoms with Gasteiger partial charge in [0.05, 0.1) is 79.3 Å². The molecule has 3 saturated heterocycles. The van der Waals surface area contributed by atoms with E-state index in [4.69, 9.17) is 42.6 Å². The Labute approximate surface area is 186 Å². The maximum atomic E-state index is 6.05. The molecule has 3 rings (SSSR count). The highest BCUT2D eigenvalue weighted by atomic mass is 16.9. The summed E-state index contributed by atoms with van der Waals surface area (Å²) in [5, 5.41) is 0. The smallest absolute Gasteiger partial charge is 0.283 e. The Bertz CT molecular complexity index is 351. The molecule has 3 heterocycles. The number of hydrogen-bond acceptors (Lipinski definition) is 9. The molecular weight excluding hydrogens is 408 g/mol. The zero-order valence-corrected chi connectivity index (χ0v) is 19.4. The largest absolute Gasteiger partial charge is 0.377 e. The van der Waals surface area contributed by atoms with Crippen LogP contribution in [0.4, 0.5) is 0 Å². The molecule has 0 aliphatic carbocycles. The summed E-state index contributed by atoms with van der Waals surface area (Å²) in [6.07, 6.45) is 5.09. The van der Waals surface area contributed by atoms with Crippen LogP contribution < -0.4 is 0 Å². The molecule has 0 radical (unpaired) electrons. The van der Waals surface area contributed by atoms with Gasteiger partial charge in [-0.3, -0.25) is 0 Å². The van der Waals surface area contributed by atoms with E-state index in [1.54, 1.807) is 0 Å². The lowest BCUT2D eigenvalue weighted by Crippen LogP contribution is -2.44. The normalized spacial score (nSPS) is 31.2. The summed E-state index contributed by atoms with van der Waals surface area (Å²) in [4.78, 5) is 0. The van der Waals surface area contributed by atoms with E-state index >= 15 is 0 Å². The van der Waals surface area contributed by atoms with Crippen LogP contribution in [0, 0.1) is 0 Å². The van der Waals surface area contributed by atoms with Crippen LogP contribution in [0.3, 0.4) is 0 Å². The van der Waals surface area contributed by atoms with Crippen molar-refractivity contribution in [1.82, 2.24) is 0 Å².